The summed E-state index contributed by atoms with van der Waals surface area (Å²) < 4.78 is 14.0. The molecule has 1 aliphatic rings. The minimum atomic E-state index is -0.200. The van der Waals surface area contributed by atoms with Gasteiger partial charge in [-0.05, 0) is 38.1 Å². The molecule has 1 N–H and O–H groups in total. The number of rotatable bonds is 2. The number of nitrogens with zero attached hydrogens (tertiary/aromatic N) is 1. The minimum absolute atomic E-state index is 0.197. The lowest BCUT2D eigenvalue weighted by atomic mass is 10.1. The fourth-order valence-electron chi connectivity index (χ4n) is 2.43. The highest BCUT2D eigenvalue weighted by Gasteiger charge is 2.11. The molecule has 1 fully saturated rings. The third-order valence-electron chi connectivity index (χ3n) is 3.46. The van der Waals surface area contributed by atoms with Gasteiger partial charge in [0.15, 0.2) is 0 Å². The molecule has 1 saturated heterocycles. The highest BCUT2D eigenvalue weighted by molar-refractivity contribution is 5.37. The zero-order chi connectivity index (χ0) is 13.5. The van der Waals surface area contributed by atoms with E-state index in [1.54, 1.807) is 0 Å². The first-order valence-electron chi connectivity index (χ1n) is 6.90. The van der Waals surface area contributed by atoms with Crippen molar-refractivity contribution >= 4 is 0 Å². The molecule has 0 aliphatic carbocycles. The van der Waals surface area contributed by atoms with Crippen LogP contribution in [0.15, 0.2) is 18.2 Å². The van der Waals surface area contributed by atoms with Crippen LogP contribution in [0.4, 0.5) is 4.39 Å². The number of benzene rings is 1. The SMILES string of the molecule is OCC#Cc1ccc(CN2CCCCCC2)c(F)c1. The monoisotopic (exact) mass is 261 g/mol. The first-order chi connectivity index (χ1) is 9.29. The first-order valence-corrected chi connectivity index (χ1v) is 6.90. The van der Waals surface area contributed by atoms with Crippen molar-refractivity contribution in [1.29, 1.82) is 0 Å². The summed E-state index contributed by atoms with van der Waals surface area (Å²) >= 11 is 0. The third kappa shape index (κ3) is 4.34. The zero-order valence-electron chi connectivity index (χ0n) is 11.2. The molecule has 0 amide bonds. The molecule has 1 aliphatic heterocycles. The van der Waals surface area contributed by atoms with Gasteiger partial charge in [0.1, 0.15) is 12.4 Å². The van der Waals surface area contributed by atoms with Gasteiger partial charge in [-0.15, -0.1) is 0 Å². The van der Waals surface area contributed by atoms with Gasteiger partial charge in [-0.1, -0.05) is 30.7 Å². The van der Waals surface area contributed by atoms with Gasteiger partial charge in [-0.2, -0.15) is 0 Å². The molecule has 1 aromatic rings. The van der Waals surface area contributed by atoms with E-state index in [-0.39, 0.29) is 12.4 Å². The van der Waals surface area contributed by atoms with Crippen molar-refractivity contribution in [2.75, 3.05) is 19.7 Å². The molecule has 0 bridgehead atoms. The van der Waals surface area contributed by atoms with Gasteiger partial charge in [0, 0.05) is 17.7 Å². The highest BCUT2D eigenvalue weighted by Crippen LogP contribution is 2.16. The van der Waals surface area contributed by atoms with Crippen LogP contribution in [0.1, 0.15) is 36.8 Å². The van der Waals surface area contributed by atoms with E-state index in [9.17, 15) is 4.39 Å². The van der Waals surface area contributed by atoms with Crippen molar-refractivity contribution in [3.05, 3.63) is 35.1 Å². The second kappa shape index (κ2) is 7.28. The number of aliphatic hydroxyl groups is 1. The number of hydrogen-bond donors (Lipinski definition) is 1. The zero-order valence-corrected chi connectivity index (χ0v) is 11.2. The smallest absolute Gasteiger partial charge is 0.128 e. The second-order valence-corrected chi connectivity index (χ2v) is 4.96. The lowest BCUT2D eigenvalue weighted by molar-refractivity contribution is 0.273. The summed E-state index contributed by atoms with van der Waals surface area (Å²) in [6.07, 6.45) is 4.99. The second-order valence-electron chi connectivity index (χ2n) is 4.96. The van der Waals surface area contributed by atoms with Gasteiger partial charge in [-0.3, -0.25) is 4.90 Å². The van der Waals surface area contributed by atoms with Crippen molar-refractivity contribution in [2.24, 2.45) is 0 Å². The summed E-state index contributed by atoms with van der Waals surface area (Å²) in [4.78, 5) is 2.32. The number of hydrogen-bond acceptors (Lipinski definition) is 2. The van der Waals surface area contributed by atoms with Crippen molar-refractivity contribution in [2.45, 2.75) is 32.2 Å². The van der Waals surface area contributed by atoms with Crippen LogP contribution >= 0.6 is 0 Å². The van der Waals surface area contributed by atoms with Crippen LogP contribution in [0.5, 0.6) is 0 Å². The quantitative estimate of drug-likeness (QED) is 0.827. The van der Waals surface area contributed by atoms with Crippen LogP contribution in [0.3, 0.4) is 0 Å². The Hall–Kier alpha value is -1.37. The van der Waals surface area contributed by atoms with Gasteiger partial charge in [0.2, 0.25) is 0 Å². The number of likely N-dealkylation sites (tertiary alicyclic amines) is 1. The Labute approximate surface area is 114 Å². The fourth-order valence-corrected chi connectivity index (χ4v) is 2.43. The number of aliphatic hydroxyl groups excluding tert-OH is 1. The molecule has 19 heavy (non-hydrogen) atoms. The van der Waals surface area contributed by atoms with E-state index >= 15 is 0 Å². The van der Waals surface area contributed by atoms with Crippen LogP contribution < -0.4 is 0 Å². The molecule has 0 saturated carbocycles. The molecule has 1 heterocycles. The molecule has 2 nitrogen and oxygen atoms in total. The van der Waals surface area contributed by atoms with Gasteiger partial charge >= 0.3 is 0 Å². The van der Waals surface area contributed by atoms with Crippen LogP contribution in [0.2, 0.25) is 0 Å². The summed E-state index contributed by atoms with van der Waals surface area (Å²) in [6.45, 7) is 2.60. The van der Waals surface area contributed by atoms with Crippen molar-refractivity contribution < 1.29 is 9.50 Å². The fraction of sp³-hybridized carbons (Fsp3) is 0.500. The van der Waals surface area contributed by atoms with Gasteiger partial charge in [-0.25, -0.2) is 4.39 Å². The van der Waals surface area contributed by atoms with Crippen LogP contribution in [0, 0.1) is 17.7 Å². The van der Waals surface area contributed by atoms with E-state index in [2.05, 4.69) is 16.7 Å². The molecular formula is C16H20FNO. The van der Waals surface area contributed by atoms with Gasteiger partial charge in [0.05, 0.1) is 0 Å². The molecule has 0 unspecified atom stereocenters. The molecule has 0 atom stereocenters. The normalized spacial score (nSPS) is 16.5. The summed E-state index contributed by atoms with van der Waals surface area (Å²) in [5.74, 6) is 5.05. The summed E-state index contributed by atoms with van der Waals surface area (Å²) in [5.41, 5.74) is 1.35. The van der Waals surface area contributed by atoms with Crippen molar-refractivity contribution in [3.63, 3.8) is 0 Å². The van der Waals surface area contributed by atoms with E-state index < -0.39 is 0 Å². The third-order valence-corrected chi connectivity index (χ3v) is 3.46. The standard InChI is InChI=1S/C16H20FNO/c17-16-12-14(6-5-11-19)7-8-15(16)13-18-9-3-1-2-4-10-18/h7-8,12,19H,1-4,9-11,13H2. The molecule has 1 aromatic carbocycles. The molecule has 102 valence electrons. The lowest BCUT2D eigenvalue weighted by Gasteiger charge is -2.20. The predicted octanol–water partition coefficient (Wildman–Crippen LogP) is 2.55. The van der Waals surface area contributed by atoms with Crippen LogP contribution in [-0.2, 0) is 6.54 Å². The summed E-state index contributed by atoms with van der Waals surface area (Å²) in [7, 11) is 0. The van der Waals surface area contributed by atoms with Gasteiger partial charge in [0.25, 0.3) is 0 Å². The average Bonchev–Trinajstić information content (AvgIpc) is 2.68. The van der Waals surface area contributed by atoms with E-state index in [4.69, 9.17) is 5.11 Å². The molecule has 0 spiro atoms. The largest absolute Gasteiger partial charge is 0.384 e. The van der Waals surface area contributed by atoms with E-state index in [0.29, 0.717) is 12.1 Å². The Morgan fingerprint density at radius 3 is 2.53 bits per heavy atom. The Bertz CT molecular complexity index is 467. The maximum atomic E-state index is 14.0. The molecule has 2 rings (SSSR count). The summed E-state index contributed by atoms with van der Waals surface area (Å²) in [6, 6.07) is 5.08. The Balaban J connectivity index is 2.03. The molecule has 0 aromatic heterocycles. The maximum Gasteiger partial charge on any atom is 0.128 e. The Kier molecular flexibility index (Phi) is 5.38. The van der Waals surface area contributed by atoms with Crippen molar-refractivity contribution in [3.8, 4) is 11.8 Å². The average molecular weight is 261 g/mol. The minimum Gasteiger partial charge on any atom is -0.384 e. The lowest BCUT2D eigenvalue weighted by Crippen LogP contribution is -2.24. The summed E-state index contributed by atoms with van der Waals surface area (Å²) in [5, 5.41) is 8.62. The van der Waals surface area contributed by atoms with Crippen LogP contribution in [-0.4, -0.2) is 29.7 Å². The predicted molar refractivity (Wildman–Crippen MR) is 74.1 cm³/mol. The highest BCUT2D eigenvalue weighted by atomic mass is 19.1. The molecule has 0 radical (unpaired) electrons. The van der Waals surface area contributed by atoms with Crippen molar-refractivity contribution in [1.82, 2.24) is 4.90 Å². The topological polar surface area (TPSA) is 23.5 Å². The number of halogens is 1. The molecule has 3 heteroatoms. The maximum absolute atomic E-state index is 14.0. The molecular weight excluding hydrogens is 241 g/mol. The van der Waals surface area contributed by atoms with E-state index in [1.807, 2.05) is 12.1 Å². The Morgan fingerprint density at radius 2 is 1.89 bits per heavy atom. The van der Waals surface area contributed by atoms with E-state index in [0.717, 1.165) is 18.7 Å². The van der Waals surface area contributed by atoms with E-state index in [1.165, 1.54) is 31.7 Å². The first kappa shape index (κ1) is 14.0. The van der Waals surface area contributed by atoms with Gasteiger partial charge < -0.3 is 5.11 Å². The van der Waals surface area contributed by atoms with Crippen LogP contribution in [0.25, 0.3) is 0 Å². The Morgan fingerprint density at radius 1 is 1.16 bits per heavy atom.